The minimum absolute atomic E-state index is 0.366. The molecule has 0 spiro atoms. The van der Waals surface area contributed by atoms with Gasteiger partial charge < -0.3 is 15.0 Å². The topological polar surface area (TPSA) is 74.2 Å². The van der Waals surface area contributed by atoms with Crippen molar-refractivity contribution in [3.63, 3.8) is 0 Å². The summed E-state index contributed by atoms with van der Waals surface area (Å²) in [6, 6.07) is 11.4. The molecule has 0 aliphatic heterocycles. The molecule has 0 saturated carbocycles. The van der Waals surface area contributed by atoms with Crippen molar-refractivity contribution in [2.24, 2.45) is 0 Å². The number of hydrogen-bond acceptors (Lipinski definition) is 5. The average molecular weight is 281 g/mol. The summed E-state index contributed by atoms with van der Waals surface area (Å²) in [5.41, 5.74) is 8.54. The predicted molar refractivity (Wildman–Crippen MR) is 80.8 cm³/mol. The smallest absolute Gasteiger partial charge is 0.176 e. The van der Waals surface area contributed by atoms with E-state index in [1.165, 1.54) is 0 Å². The van der Waals surface area contributed by atoms with Crippen molar-refractivity contribution in [1.29, 1.82) is 0 Å². The minimum atomic E-state index is 0.366. The minimum Gasteiger partial charge on any atom is -0.494 e. The average Bonchev–Trinajstić information content (AvgIpc) is 2.91. The number of anilines is 1. The zero-order valence-electron chi connectivity index (χ0n) is 11.6. The molecule has 2 N–H and O–H groups in total. The molecular weight excluding hydrogens is 266 g/mol. The molecule has 2 aromatic heterocycles. The van der Waals surface area contributed by atoms with Crippen LogP contribution in [0.5, 0.6) is 5.75 Å². The molecule has 0 aliphatic rings. The van der Waals surface area contributed by atoms with Gasteiger partial charge in [-0.05, 0) is 48.9 Å². The van der Waals surface area contributed by atoms with Gasteiger partial charge in [-0.3, -0.25) is 4.98 Å². The molecular formula is C16H15N3O2. The van der Waals surface area contributed by atoms with Gasteiger partial charge in [0.15, 0.2) is 11.6 Å². The van der Waals surface area contributed by atoms with E-state index in [4.69, 9.17) is 15.0 Å². The van der Waals surface area contributed by atoms with E-state index >= 15 is 0 Å². The fraction of sp³-hybridized carbons (Fsp3) is 0.125. The van der Waals surface area contributed by atoms with Crippen LogP contribution in [-0.4, -0.2) is 16.7 Å². The van der Waals surface area contributed by atoms with E-state index in [1.807, 2.05) is 43.3 Å². The van der Waals surface area contributed by atoms with Crippen molar-refractivity contribution in [3.05, 3.63) is 48.8 Å². The van der Waals surface area contributed by atoms with Crippen LogP contribution < -0.4 is 10.5 Å². The molecule has 0 bridgehead atoms. The summed E-state index contributed by atoms with van der Waals surface area (Å²) >= 11 is 0. The van der Waals surface area contributed by atoms with Crippen molar-refractivity contribution in [2.45, 2.75) is 6.92 Å². The number of hydrogen-bond donors (Lipinski definition) is 1. The van der Waals surface area contributed by atoms with Crippen LogP contribution in [-0.2, 0) is 0 Å². The molecule has 3 aromatic rings. The van der Waals surface area contributed by atoms with Crippen molar-refractivity contribution in [1.82, 2.24) is 10.1 Å². The second-order valence-electron chi connectivity index (χ2n) is 4.47. The Hall–Kier alpha value is -2.82. The van der Waals surface area contributed by atoms with Gasteiger partial charge >= 0.3 is 0 Å². The maximum atomic E-state index is 5.94. The van der Waals surface area contributed by atoms with E-state index in [2.05, 4.69) is 10.1 Å². The maximum Gasteiger partial charge on any atom is 0.176 e. The van der Waals surface area contributed by atoms with Crippen LogP contribution >= 0.6 is 0 Å². The normalized spacial score (nSPS) is 10.5. The SMILES string of the molecule is CCOc1ccc(-c2onc(N)c2-c2ccncc2)cc1. The molecule has 0 atom stereocenters. The van der Waals surface area contributed by atoms with Gasteiger partial charge in [0.25, 0.3) is 0 Å². The van der Waals surface area contributed by atoms with E-state index in [0.29, 0.717) is 18.2 Å². The first-order valence-electron chi connectivity index (χ1n) is 6.68. The first-order chi connectivity index (χ1) is 10.3. The van der Waals surface area contributed by atoms with Gasteiger partial charge in [0, 0.05) is 18.0 Å². The molecule has 0 saturated heterocycles. The van der Waals surface area contributed by atoms with E-state index in [9.17, 15) is 0 Å². The highest BCUT2D eigenvalue weighted by molar-refractivity contribution is 5.86. The lowest BCUT2D eigenvalue weighted by Crippen LogP contribution is -1.91. The monoisotopic (exact) mass is 281 g/mol. The fourth-order valence-corrected chi connectivity index (χ4v) is 2.17. The molecule has 0 fully saturated rings. The van der Waals surface area contributed by atoms with Gasteiger partial charge in [-0.2, -0.15) is 0 Å². The molecule has 21 heavy (non-hydrogen) atoms. The zero-order chi connectivity index (χ0) is 14.7. The Morgan fingerprint density at radius 3 is 2.43 bits per heavy atom. The summed E-state index contributed by atoms with van der Waals surface area (Å²) in [5.74, 6) is 1.83. The number of nitrogen functional groups attached to an aromatic ring is 1. The lowest BCUT2D eigenvalue weighted by atomic mass is 10.0. The fourth-order valence-electron chi connectivity index (χ4n) is 2.17. The standard InChI is InChI=1S/C16H15N3O2/c1-2-20-13-5-3-12(4-6-13)15-14(16(17)19-21-15)11-7-9-18-10-8-11/h3-10H,2H2,1H3,(H2,17,19). The lowest BCUT2D eigenvalue weighted by molar-refractivity contribution is 0.340. The van der Waals surface area contributed by atoms with E-state index in [1.54, 1.807) is 12.4 Å². The Bertz CT molecular complexity index is 721. The summed E-state index contributed by atoms with van der Waals surface area (Å²) < 4.78 is 10.8. The molecule has 1 aromatic carbocycles. The zero-order valence-corrected chi connectivity index (χ0v) is 11.6. The highest BCUT2D eigenvalue weighted by Crippen LogP contribution is 2.36. The molecule has 0 unspecified atom stereocenters. The van der Waals surface area contributed by atoms with Crippen LogP contribution in [0.15, 0.2) is 53.3 Å². The van der Waals surface area contributed by atoms with Gasteiger partial charge in [0.1, 0.15) is 5.75 Å². The van der Waals surface area contributed by atoms with Crippen molar-refractivity contribution >= 4 is 5.82 Å². The van der Waals surface area contributed by atoms with Crippen molar-refractivity contribution in [2.75, 3.05) is 12.3 Å². The molecule has 0 radical (unpaired) electrons. The van der Waals surface area contributed by atoms with Gasteiger partial charge in [-0.15, -0.1) is 0 Å². The Kier molecular flexibility index (Phi) is 3.55. The number of benzene rings is 1. The van der Waals surface area contributed by atoms with Crippen LogP contribution in [0.25, 0.3) is 22.5 Å². The lowest BCUT2D eigenvalue weighted by Gasteiger charge is -2.05. The number of aromatic nitrogens is 2. The van der Waals surface area contributed by atoms with Gasteiger partial charge in [0.2, 0.25) is 0 Å². The number of ether oxygens (including phenoxy) is 1. The van der Waals surface area contributed by atoms with Gasteiger partial charge in [-0.1, -0.05) is 5.16 Å². The Morgan fingerprint density at radius 1 is 1.05 bits per heavy atom. The molecule has 5 heteroatoms. The van der Waals surface area contributed by atoms with Crippen LogP contribution in [0.4, 0.5) is 5.82 Å². The van der Waals surface area contributed by atoms with E-state index in [-0.39, 0.29) is 0 Å². The van der Waals surface area contributed by atoms with Crippen LogP contribution in [0.1, 0.15) is 6.92 Å². The second kappa shape index (κ2) is 5.66. The Balaban J connectivity index is 2.03. The summed E-state index contributed by atoms with van der Waals surface area (Å²) in [7, 11) is 0. The largest absolute Gasteiger partial charge is 0.494 e. The Labute approximate surface area is 122 Å². The summed E-state index contributed by atoms with van der Waals surface area (Å²) in [4.78, 5) is 4.01. The third kappa shape index (κ3) is 2.58. The summed E-state index contributed by atoms with van der Waals surface area (Å²) in [5, 5.41) is 3.88. The van der Waals surface area contributed by atoms with Crippen LogP contribution in [0.3, 0.4) is 0 Å². The van der Waals surface area contributed by atoms with Crippen molar-refractivity contribution in [3.8, 4) is 28.2 Å². The molecule has 106 valence electrons. The predicted octanol–water partition coefficient (Wildman–Crippen LogP) is 3.38. The summed E-state index contributed by atoms with van der Waals surface area (Å²) in [6.07, 6.45) is 3.42. The van der Waals surface area contributed by atoms with Crippen molar-refractivity contribution < 1.29 is 9.26 Å². The molecule has 0 aliphatic carbocycles. The third-order valence-electron chi connectivity index (χ3n) is 3.11. The Morgan fingerprint density at radius 2 is 1.76 bits per heavy atom. The van der Waals surface area contributed by atoms with Crippen LogP contribution in [0, 0.1) is 0 Å². The van der Waals surface area contributed by atoms with Crippen LogP contribution in [0.2, 0.25) is 0 Å². The third-order valence-corrected chi connectivity index (χ3v) is 3.11. The van der Waals surface area contributed by atoms with E-state index < -0.39 is 0 Å². The second-order valence-corrected chi connectivity index (χ2v) is 4.47. The molecule has 0 amide bonds. The molecule has 3 rings (SSSR count). The van der Waals surface area contributed by atoms with Gasteiger partial charge in [0.05, 0.1) is 12.2 Å². The van der Waals surface area contributed by atoms with Gasteiger partial charge in [-0.25, -0.2) is 0 Å². The molecule has 5 nitrogen and oxygen atoms in total. The number of nitrogens with two attached hydrogens (primary N) is 1. The summed E-state index contributed by atoms with van der Waals surface area (Å²) in [6.45, 7) is 2.59. The van der Waals surface area contributed by atoms with E-state index in [0.717, 1.165) is 22.4 Å². The number of pyridine rings is 1. The quantitative estimate of drug-likeness (QED) is 0.793. The first-order valence-corrected chi connectivity index (χ1v) is 6.68. The molecule has 2 heterocycles. The maximum absolute atomic E-state index is 5.94. The first kappa shape index (κ1) is 13.2. The highest BCUT2D eigenvalue weighted by Gasteiger charge is 2.17. The number of rotatable bonds is 4. The number of nitrogens with zero attached hydrogens (tertiary/aromatic N) is 2. The highest BCUT2D eigenvalue weighted by atomic mass is 16.5.